The van der Waals surface area contributed by atoms with Crippen LogP contribution in [0.1, 0.15) is 51.9 Å². The zero-order valence-corrected chi connectivity index (χ0v) is 13.5. The largest absolute Gasteiger partial charge is 0.481 e. The number of carbonyl (C=O) groups is 2. The molecule has 1 amide bonds. The van der Waals surface area contributed by atoms with Crippen LogP contribution in [0.5, 0.6) is 0 Å². The Balaban J connectivity index is 1.49. The van der Waals surface area contributed by atoms with Crippen LogP contribution in [0.4, 0.5) is 0 Å². The highest BCUT2D eigenvalue weighted by Crippen LogP contribution is 2.60. The fraction of sp³-hybridized carbons (Fsp3) is 0.889. The summed E-state index contributed by atoms with van der Waals surface area (Å²) in [6, 6.07) is 0. The fourth-order valence-corrected chi connectivity index (χ4v) is 6.40. The molecule has 0 radical (unpaired) electrons. The average Bonchev–Trinajstić information content (AvgIpc) is 2.44. The van der Waals surface area contributed by atoms with Crippen LogP contribution in [0.15, 0.2) is 0 Å². The lowest BCUT2D eigenvalue weighted by Gasteiger charge is -2.57. The van der Waals surface area contributed by atoms with E-state index in [-0.39, 0.29) is 17.3 Å². The Kier molecular flexibility index (Phi) is 3.28. The lowest BCUT2D eigenvalue weighted by molar-refractivity contribution is -0.162. The molecule has 4 bridgehead atoms. The van der Waals surface area contributed by atoms with Gasteiger partial charge in [-0.1, -0.05) is 6.92 Å². The molecular formula is C18H27NO3. The Hall–Kier alpha value is -1.06. The Morgan fingerprint density at radius 1 is 1.05 bits per heavy atom. The second kappa shape index (κ2) is 4.97. The number of piperidine rings is 1. The summed E-state index contributed by atoms with van der Waals surface area (Å²) in [7, 11) is 0. The molecule has 4 nitrogen and oxygen atoms in total. The molecule has 4 saturated carbocycles. The van der Waals surface area contributed by atoms with Crippen LogP contribution in [-0.4, -0.2) is 35.0 Å². The fourth-order valence-electron chi connectivity index (χ4n) is 6.40. The summed E-state index contributed by atoms with van der Waals surface area (Å²) in [4.78, 5) is 26.5. The molecule has 1 saturated heterocycles. The van der Waals surface area contributed by atoms with Crippen LogP contribution in [0, 0.1) is 35.0 Å². The first-order valence-corrected chi connectivity index (χ1v) is 8.99. The van der Waals surface area contributed by atoms with Crippen LogP contribution < -0.4 is 0 Å². The highest BCUT2D eigenvalue weighted by atomic mass is 16.4. The topological polar surface area (TPSA) is 57.6 Å². The maximum absolute atomic E-state index is 13.3. The minimum Gasteiger partial charge on any atom is -0.481 e. The van der Waals surface area contributed by atoms with Crippen molar-refractivity contribution in [1.29, 1.82) is 0 Å². The van der Waals surface area contributed by atoms with E-state index in [9.17, 15) is 14.7 Å². The Labute approximate surface area is 132 Å². The van der Waals surface area contributed by atoms with Gasteiger partial charge < -0.3 is 10.0 Å². The second-order valence-corrected chi connectivity index (χ2v) is 8.66. The van der Waals surface area contributed by atoms with Gasteiger partial charge in [0.2, 0.25) is 5.91 Å². The minimum atomic E-state index is -0.700. The number of hydrogen-bond acceptors (Lipinski definition) is 2. The molecule has 4 aliphatic carbocycles. The SMILES string of the molecule is CC1CN(C(=O)C23CC4CC(CC(C4)C2)C3)CCC1C(=O)O. The van der Waals surface area contributed by atoms with E-state index in [1.54, 1.807) is 0 Å². The molecule has 0 spiro atoms. The van der Waals surface area contributed by atoms with E-state index in [4.69, 9.17) is 0 Å². The number of likely N-dealkylation sites (tertiary alicyclic amines) is 1. The molecule has 1 heterocycles. The standard InChI is InChI=1S/C18H27NO3/c1-11-10-19(3-2-15(11)16(20)21)17(22)18-7-12-4-13(8-18)6-14(5-12)9-18/h11-15H,2-10H2,1H3,(H,20,21). The molecule has 4 heteroatoms. The van der Waals surface area contributed by atoms with Crippen molar-refractivity contribution in [2.75, 3.05) is 13.1 Å². The molecule has 5 fully saturated rings. The third-order valence-electron chi connectivity index (χ3n) is 7.00. The molecule has 0 aromatic carbocycles. The van der Waals surface area contributed by atoms with Gasteiger partial charge in [-0.2, -0.15) is 0 Å². The van der Waals surface area contributed by atoms with E-state index in [1.165, 1.54) is 19.3 Å². The predicted molar refractivity (Wildman–Crippen MR) is 82.1 cm³/mol. The van der Waals surface area contributed by atoms with E-state index < -0.39 is 5.97 Å². The van der Waals surface area contributed by atoms with Crippen molar-refractivity contribution in [1.82, 2.24) is 4.90 Å². The van der Waals surface area contributed by atoms with Crippen LogP contribution in [0.2, 0.25) is 0 Å². The van der Waals surface area contributed by atoms with E-state index in [2.05, 4.69) is 0 Å². The van der Waals surface area contributed by atoms with Gasteiger partial charge in [0, 0.05) is 13.1 Å². The number of carboxylic acids is 1. The predicted octanol–water partition coefficient (Wildman–Crippen LogP) is 2.77. The molecule has 2 unspecified atom stereocenters. The van der Waals surface area contributed by atoms with Gasteiger partial charge in [0.1, 0.15) is 0 Å². The smallest absolute Gasteiger partial charge is 0.306 e. The number of aliphatic carboxylic acids is 1. The zero-order valence-electron chi connectivity index (χ0n) is 13.5. The quantitative estimate of drug-likeness (QED) is 0.853. The molecule has 122 valence electrons. The lowest BCUT2D eigenvalue weighted by Crippen LogP contribution is -2.57. The van der Waals surface area contributed by atoms with Crippen molar-refractivity contribution >= 4 is 11.9 Å². The van der Waals surface area contributed by atoms with E-state index in [0.29, 0.717) is 25.4 Å². The van der Waals surface area contributed by atoms with Crippen molar-refractivity contribution in [2.24, 2.45) is 35.0 Å². The maximum atomic E-state index is 13.3. The first-order chi connectivity index (χ1) is 10.5. The normalized spacial score (nSPS) is 46.8. The van der Waals surface area contributed by atoms with Crippen LogP contribution in [0.3, 0.4) is 0 Å². The lowest BCUT2D eigenvalue weighted by atomic mass is 9.49. The van der Waals surface area contributed by atoms with Gasteiger partial charge in [-0.3, -0.25) is 9.59 Å². The number of hydrogen-bond donors (Lipinski definition) is 1. The molecule has 1 N–H and O–H groups in total. The van der Waals surface area contributed by atoms with Crippen molar-refractivity contribution in [3.05, 3.63) is 0 Å². The number of nitrogens with zero attached hydrogens (tertiary/aromatic N) is 1. The summed E-state index contributed by atoms with van der Waals surface area (Å²) >= 11 is 0. The molecule has 2 atom stereocenters. The van der Waals surface area contributed by atoms with Gasteiger partial charge in [0.15, 0.2) is 0 Å². The van der Waals surface area contributed by atoms with Crippen molar-refractivity contribution in [2.45, 2.75) is 51.9 Å². The molecule has 0 aromatic rings. The highest BCUT2D eigenvalue weighted by Gasteiger charge is 2.56. The van der Waals surface area contributed by atoms with E-state index in [0.717, 1.165) is 37.0 Å². The van der Waals surface area contributed by atoms with Gasteiger partial charge in [-0.25, -0.2) is 0 Å². The summed E-state index contributed by atoms with van der Waals surface area (Å²) in [5.41, 5.74) is -0.0788. The summed E-state index contributed by atoms with van der Waals surface area (Å²) in [6.45, 7) is 3.26. The van der Waals surface area contributed by atoms with Crippen molar-refractivity contribution in [3.63, 3.8) is 0 Å². The third-order valence-corrected chi connectivity index (χ3v) is 7.00. The average molecular weight is 305 g/mol. The zero-order chi connectivity index (χ0) is 15.5. The molecule has 0 aromatic heterocycles. The maximum Gasteiger partial charge on any atom is 0.306 e. The third kappa shape index (κ3) is 2.17. The highest BCUT2D eigenvalue weighted by molar-refractivity contribution is 5.83. The Morgan fingerprint density at radius 3 is 2.05 bits per heavy atom. The number of amides is 1. The van der Waals surface area contributed by atoms with Gasteiger partial charge in [-0.05, 0) is 68.6 Å². The molecular weight excluding hydrogens is 278 g/mol. The summed E-state index contributed by atoms with van der Waals surface area (Å²) in [5, 5.41) is 9.26. The van der Waals surface area contributed by atoms with Crippen molar-refractivity contribution in [3.8, 4) is 0 Å². The molecule has 1 aliphatic heterocycles. The number of carboxylic acid groups (broad SMARTS) is 1. The second-order valence-electron chi connectivity index (χ2n) is 8.66. The first kappa shape index (κ1) is 14.5. The van der Waals surface area contributed by atoms with E-state index >= 15 is 0 Å². The van der Waals surface area contributed by atoms with Crippen LogP contribution in [-0.2, 0) is 9.59 Å². The van der Waals surface area contributed by atoms with Gasteiger partial charge in [-0.15, -0.1) is 0 Å². The molecule has 5 rings (SSSR count). The van der Waals surface area contributed by atoms with Crippen LogP contribution >= 0.6 is 0 Å². The Morgan fingerprint density at radius 2 is 1.59 bits per heavy atom. The Bertz CT molecular complexity index is 465. The summed E-state index contributed by atoms with van der Waals surface area (Å²) in [6.07, 6.45) is 7.98. The number of rotatable bonds is 2. The van der Waals surface area contributed by atoms with Crippen molar-refractivity contribution < 1.29 is 14.7 Å². The summed E-state index contributed by atoms with van der Waals surface area (Å²) in [5.74, 6) is 1.80. The molecule has 22 heavy (non-hydrogen) atoms. The van der Waals surface area contributed by atoms with E-state index in [1.807, 2.05) is 11.8 Å². The monoisotopic (exact) mass is 305 g/mol. The van der Waals surface area contributed by atoms with Gasteiger partial charge in [0.05, 0.1) is 11.3 Å². The molecule has 5 aliphatic rings. The first-order valence-electron chi connectivity index (χ1n) is 8.99. The van der Waals surface area contributed by atoms with Gasteiger partial charge in [0.25, 0.3) is 0 Å². The minimum absolute atomic E-state index is 0.0733. The van der Waals surface area contributed by atoms with Gasteiger partial charge >= 0.3 is 5.97 Å². The summed E-state index contributed by atoms with van der Waals surface area (Å²) < 4.78 is 0. The van der Waals surface area contributed by atoms with Crippen LogP contribution in [0.25, 0.3) is 0 Å². The number of carbonyl (C=O) groups excluding carboxylic acids is 1.